The standard InChI is InChI=1S/C26H28N6O2/c1-17-12-25(34-31-17)30-26(33)29-22-6-4-19(5-7-22)24-15-28-14-20-3-2-18(13-23(20)24)16-32-10-8-21(27)9-11-32/h2-7,12-15,21H,8-11,16,27H2,1H3,(H2,29,30,33). The van der Waals surface area contributed by atoms with Crippen molar-refractivity contribution < 1.29 is 9.32 Å². The van der Waals surface area contributed by atoms with Crippen molar-refractivity contribution in [3.05, 3.63) is 72.2 Å². The summed E-state index contributed by atoms with van der Waals surface area (Å²) in [6.45, 7) is 4.80. The van der Waals surface area contributed by atoms with Crippen molar-refractivity contribution in [1.29, 1.82) is 0 Å². The molecule has 8 nitrogen and oxygen atoms in total. The van der Waals surface area contributed by atoms with E-state index >= 15 is 0 Å². The number of nitrogens with zero attached hydrogens (tertiary/aromatic N) is 3. The van der Waals surface area contributed by atoms with Crippen molar-refractivity contribution in [1.82, 2.24) is 15.0 Å². The second-order valence-electron chi connectivity index (χ2n) is 8.85. The second kappa shape index (κ2) is 9.62. The molecule has 0 atom stereocenters. The molecule has 0 bridgehead atoms. The fraction of sp³-hybridized carbons (Fsp3) is 0.269. The molecule has 2 aromatic heterocycles. The zero-order valence-corrected chi connectivity index (χ0v) is 19.1. The number of aromatic nitrogens is 2. The van der Waals surface area contributed by atoms with E-state index in [0.29, 0.717) is 23.3 Å². The van der Waals surface area contributed by atoms with E-state index < -0.39 is 0 Å². The van der Waals surface area contributed by atoms with Gasteiger partial charge in [0, 0.05) is 47.7 Å². The molecular formula is C26H28N6O2. The van der Waals surface area contributed by atoms with Crippen LogP contribution in [0.3, 0.4) is 0 Å². The van der Waals surface area contributed by atoms with Crippen LogP contribution in [-0.4, -0.2) is 40.2 Å². The minimum Gasteiger partial charge on any atom is -0.338 e. The fourth-order valence-corrected chi connectivity index (χ4v) is 4.34. The van der Waals surface area contributed by atoms with E-state index in [1.54, 1.807) is 13.0 Å². The van der Waals surface area contributed by atoms with Gasteiger partial charge >= 0.3 is 6.03 Å². The predicted octanol–water partition coefficient (Wildman–Crippen LogP) is 4.77. The summed E-state index contributed by atoms with van der Waals surface area (Å²) in [5, 5.41) is 11.5. The summed E-state index contributed by atoms with van der Waals surface area (Å²) in [6.07, 6.45) is 5.90. The molecule has 4 aromatic rings. The number of pyridine rings is 1. The largest absolute Gasteiger partial charge is 0.338 e. The maximum Gasteiger partial charge on any atom is 0.326 e. The first-order valence-electron chi connectivity index (χ1n) is 11.5. The summed E-state index contributed by atoms with van der Waals surface area (Å²) in [5.74, 6) is 0.302. The Morgan fingerprint density at radius 1 is 1.09 bits per heavy atom. The maximum atomic E-state index is 12.2. The van der Waals surface area contributed by atoms with Gasteiger partial charge in [0.15, 0.2) is 0 Å². The molecule has 174 valence electrons. The van der Waals surface area contributed by atoms with Crippen LogP contribution in [0, 0.1) is 6.92 Å². The van der Waals surface area contributed by atoms with Crippen LogP contribution in [0.2, 0.25) is 0 Å². The molecule has 0 aliphatic carbocycles. The van der Waals surface area contributed by atoms with Crippen molar-refractivity contribution >= 4 is 28.4 Å². The van der Waals surface area contributed by atoms with Gasteiger partial charge in [-0.15, -0.1) is 0 Å². The second-order valence-corrected chi connectivity index (χ2v) is 8.85. The zero-order chi connectivity index (χ0) is 23.5. The average molecular weight is 457 g/mol. The third-order valence-electron chi connectivity index (χ3n) is 6.18. The van der Waals surface area contributed by atoms with Gasteiger partial charge < -0.3 is 15.6 Å². The van der Waals surface area contributed by atoms with Gasteiger partial charge in [-0.3, -0.25) is 15.2 Å². The number of hydrogen-bond donors (Lipinski definition) is 3. The monoisotopic (exact) mass is 456 g/mol. The number of urea groups is 1. The molecule has 1 aliphatic heterocycles. The van der Waals surface area contributed by atoms with Crippen LogP contribution in [-0.2, 0) is 6.54 Å². The Hall–Kier alpha value is -3.75. The minimum absolute atomic E-state index is 0.302. The Kier molecular flexibility index (Phi) is 6.24. The summed E-state index contributed by atoms with van der Waals surface area (Å²) in [7, 11) is 0. The third kappa shape index (κ3) is 5.08. The normalized spacial score (nSPS) is 14.9. The summed E-state index contributed by atoms with van der Waals surface area (Å²) >= 11 is 0. The lowest BCUT2D eigenvalue weighted by atomic mass is 9.98. The first-order chi connectivity index (χ1) is 16.5. The van der Waals surface area contributed by atoms with E-state index in [1.807, 2.05) is 36.7 Å². The van der Waals surface area contributed by atoms with Crippen LogP contribution >= 0.6 is 0 Å². The first-order valence-corrected chi connectivity index (χ1v) is 11.5. The molecule has 0 radical (unpaired) electrons. The molecule has 1 fully saturated rings. The molecule has 3 heterocycles. The van der Waals surface area contributed by atoms with Crippen molar-refractivity contribution in [2.24, 2.45) is 5.73 Å². The molecule has 34 heavy (non-hydrogen) atoms. The van der Waals surface area contributed by atoms with Gasteiger partial charge in [-0.25, -0.2) is 4.79 Å². The molecule has 0 unspecified atom stereocenters. The van der Waals surface area contributed by atoms with E-state index in [-0.39, 0.29) is 6.03 Å². The molecule has 2 amide bonds. The Morgan fingerprint density at radius 3 is 2.62 bits per heavy atom. The number of anilines is 2. The number of likely N-dealkylation sites (tertiary alicyclic amines) is 1. The predicted molar refractivity (Wildman–Crippen MR) is 134 cm³/mol. The lowest BCUT2D eigenvalue weighted by Gasteiger charge is -2.30. The number of carbonyl (C=O) groups excluding carboxylic acids is 1. The number of aryl methyl sites for hydroxylation is 1. The van der Waals surface area contributed by atoms with Gasteiger partial charge in [0.2, 0.25) is 5.88 Å². The summed E-state index contributed by atoms with van der Waals surface area (Å²) in [5.41, 5.74) is 10.8. The number of carbonyl (C=O) groups is 1. The molecule has 1 aliphatic rings. The van der Waals surface area contributed by atoms with Crippen LogP contribution < -0.4 is 16.4 Å². The smallest absolute Gasteiger partial charge is 0.326 e. The van der Waals surface area contributed by atoms with Crippen molar-refractivity contribution in [2.75, 3.05) is 23.7 Å². The molecule has 4 N–H and O–H groups in total. The van der Waals surface area contributed by atoms with Crippen LogP contribution in [0.1, 0.15) is 24.1 Å². The highest BCUT2D eigenvalue weighted by atomic mass is 16.5. The van der Waals surface area contributed by atoms with Crippen LogP contribution in [0.4, 0.5) is 16.4 Å². The Bertz CT molecular complexity index is 1290. The Balaban J connectivity index is 1.32. The fourth-order valence-electron chi connectivity index (χ4n) is 4.34. The number of rotatable bonds is 5. The van der Waals surface area contributed by atoms with Crippen molar-refractivity contribution in [2.45, 2.75) is 32.4 Å². The van der Waals surface area contributed by atoms with Crippen molar-refractivity contribution in [3.63, 3.8) is 0 Å². The average Bonchev–Trinajstić information content (AvgIpc) is 3.25. The molecule has 8 heteroatoms. The van der Waals surface area contributed by atoms with Gasteiger partial charge in [0.05, 0.1) is 5.69 Å². The lowest BCUT2D eigenvalue weighted by Crippen LogP contribution is -2.39. The molecular weight excluding hydrogens is 428 g/mol. The molecule has 1 saturated heterocycles. The van der Waals surface area contributed by atoms with E-state index in [9.17, 15) is 4.79 Å². The van der Waals surface area contributed by atoms with Gasteiger partial charge in [-0.05, 0) is 67.6 Å². The van der Waals surface area contributed by atoms with E-state index in [2.05, 4.69) is 43.9 Å². The maximum absolute atomic E-state index is 12.2. The first kappa shape index (κ1) is 22.1. The van der Waals surface area contributed by atoms with Crippen molar-refractivity contribution in [3.8, 4) is 11.1 Å². The highest BCUT2D eigenvalue weighted by Gasteiger charge is 2.16. The number of fused-ring (bicyclic) bond motifs is 1. The van der Waals surface area contributed by atoms with Gasteiger partial charge in [0.25, 0.3) is 0 Å². The Morgan fingerprint density at radius 2 is 1.88 bits per heavy atom. The van der Waals surface area contributed by atoms with Crippen LogP contribution in [0.15, 0.2) is 65.4 Å². The number of nitrogens with two attached hydrogens (primary N) is 1. The summed E-state index contributed by atoms with van der Waals surface area (Å²) < 4.78 is 5.02. The van der Waals surface area contributed by atoms with E-state index in [0.717, 1.165) is 49.0 Å². The summed E-state index contributed by atoms with van der Waals surface area (Å²) in [6, 6.07) is 15.9. The van der Waals surface area contributed by atoms with Gasteiger partial charge in [-0.1, -0.05) is 29.4 Å². The van der Waals surface area contributed by atoms with Gasteiger partial charge in [0.1, 0.15) is 0 Å². The van der Waals surface area contributed by atoms with E-state index in [4.69, 9.17) is 10.3 Å². The Labute approximate surface area is 198 Å². The van der Waals surface area contributed by atoms with E-state index in [1.165, 1.54) is 10.9 Å². The number of hydrogen-bond acceptors (Lipinski definition) is 6. The molecule has 2 aromatic carbocycles. The number of benzene rings is 2. The van der Waals surface area contributed by atoms with Crippen LogP contribution in [0.5, 0.6) is 0 Å². The molecule has 0 spiro atoms. The van der Waals surface area contributed by atoms with Gasteiger partial charge in [-0.2, -0.15) is 0 Å². The molecule has 5 rings (SSSR count). The number of amides is 2. The highest BCUT2D eigenvalue weighted by molar-refractivity contribution is 6.00. The lowest BCUT2D eigenvalue weighted by molar-refractivity contribution is 0.206. The minimum atomic E-state index is -0.390. The SMILES string of the molecule is Cc1cc(NC(=O)Nc2ccc(-c3cncc4ccc(CN5CCC(N)CC5)cc34)cc2)on1. The number of piperidine rings is 1. The zero-order valence-electron chi connectivity index (χ0n) is 19.1. The van der Waals surface area contributed by atoms with Crippen LogP contribution in [0.25, 0.3) is 21.9 Å². The quantitative estimate of drug-likeness (QED) is 0.399. The topological polar surface area (TPSA) is 109 Å². The summed E-state index contributed by atoms with van der Waals surface area (Å²) in [4.78, 5) is 19.1. The number of nitrogens with one attached hydrogen (secondary N) is 2. The third-order valence-corrected chi connectivity index (χ3v) is 6.18. The highest BCUT2D eigenvalue weighted by Crippen LogP contribution is 2.30. The molecule has 0 saturated carbocycles.